The highest BCUT2D eigenvalue weighted by Crippen LogP contribution is 2.39. The maximum atomic E-state index is 5.38. The largest absolute Gasteiger partial charge is 0.310 e. The lowest BCUT2D eigenvalue weighted by Gasteiger charge is -2.26. The molecule has 11 rings (SSSR count). The van der Waals surface area contributed by atoms with Crippen LogP contribution in [-0.4, -0.2) is 14.5 Å². The molecule has 0 atom stereocenters. The van der Waals surface area contributed by atoms with Gasteiger partial charge in [-0.1, -0.05) is 146 Å². The van der Waals surface area contributed by atoms with E-state index in [4.69, 9.17) is 9.97 Å². The standard InChI is InChI=1S/C52H34N4/c1-2-16-42(17-3-1)55(44-30-26-36-13-5-7-15-39(36)33-44)43-28-24-37(25-29-43)40-27-31-46-45-18-9-11-21-49(45)56(50(46)34-40)52-53-48-20-10-8-19-47(48)51(54-52)41-23-22-35-12-4-6-14-38(35)32-41/h1-34H. The van der Waals surface area contributed by atoms with Gasteiger partial charge in [-0.3, -0.25) is 4.57 Å². The highest BCUT2D eigenvalue weighted by atomic mass is 15.2. The van der Waals surface area contributed by atoms with Crippen LogP contribution in [0.25, 0.3) is 82.6 Å². The summed E-state index contributed by atoms with van der Waals surface area (Å²) in [5, 5.41) is 8.20. The molecule has 0 saturated heterocycles. The number of rotatable bonds is 6. The molecule has 0 spiro atoms. The fourth-order valence-corrected chi connectivity index (χ4v) is 8.23. The number of hydrogen-bond acceptors (Lipinski definition) is 3. The monoisotopic (exact) mass is 714 g/mol. The zero-order valence-corrected chi connectivity index (χ0v) is 30.4. The molecule has 11 aromatic rings. The molecule has 9 aromatic carbocycles. The van der Waals surface area contributed by atoms with Crippen LogP contribution in [0.15, 0.2) is 206 Å². The molecule has 0 amide bonds. The van der Waals surface area contributed by atoms with E-state index in [1.165, 1.54) is 26.9 Å². The molecule has 0 unspecified atom stereocenters. The first-order valence-corrected chi connectivity index (χ1v) is 19.0. The van der Waals surface area contributed by atoms with Crippen molar-refractivity contribution in [1.82, 2.24) is 14.5 Å². The topological polar surface area (TPSA) is 34.0 Å². The van der Waals surface area contributed by atoms with E-state index in [-0.39, 0.29) is 0 Å². The molecule has 4 nitrogen and oxygen atoms in total. The van der Waals surface area contributed by atoms with Gasteiger partial charge in [0.25, 0.3) is 0 Å². The van der Waals surface area contributed by atoms with Crippen molar-refractivity contribution in [3.8, 4) is 28.3 Å². The third-order valence-corrected chi connectivity index (χ3v) is 11.0. The van der Waals surface area contributed by atoms with Crippen LogP contribution in [0.2, 0.25) is 0 Å². The maximum Gasteiger partial charge on any atom is 0.235 e. The number of aromatic nitrogens is 3. The highest BCUT2D eigenvalue weighted by Gasteiger charge is 2.19. The molecular weight excluding hydrogens is 681 g/mol. The first kappa shape index (κ1) is 31.9. The van der Waals surface area contributed by atoms with Crippen molar-refractivity contribution in [2.24, 2.45) is 0 Å². The van der Waals surface area contributed by atoms with E-state index in [1.807, 2.05) is 0 Å². The Morgan fingerprint density at radius 1 is 0.339 bits per heavy atom. The van der Waals surface area contributed by atoms with Crippen LogP contribution in [-0.2, 0) is 0 Å². The van der Waals surface area contributed by atoms with Crippen molar-refractivity contribution >= 4 is 71.3 Å². The molecule has 4 heteroatoms. The summed E-state index contributed by atoms with van der Waals surface area (Å²) in [5.41, 5.74) is 10.6. The van der Waals surface area contributed by atoms with Gasteiger partial charge in [-0.2, -0.15) is 0 Å². The van der Waals surface area contributed by atoms with E-state index in [2.05, 4.69) is 216 Å². The molecule has 0 aliphatic heterocycles. The number of benzene rings is 9. The number of anilines is 3. The van der Waals surface area contributed by atoms with Crippen molar-refractivity contribution in [2.75, 3.05) is 4.90 Å². The third kappa shape index (κ3) is 5.39. The molecule has 262 valence electrons. The van der Waals surface area contributed by atoms with Gasteiger partial charge in [0.05, 0.1) is 22.2 Å². The second-order valence-electron chi connectivity index (χ2n) is 14.3. The summed E-state index contributed by atoms with van der Waals surface area (Å²) in [6, 6.07) is 73.4. The maximum absolute atomic E-state index is 5.38. The SMILES string of the molecule is c1ccc(N(c2ccc(-c3ccc4c5ccccc5n(-c5nc(-c6ccc7ccccc7c6)c6ccccc6n5)c4c3)cc2)c2ccc3ccccc3c2)cc1. The number of hydrogen-bond donors (Lipinski definition) is 0. The van der Waals surface area contributed by atoms with E-state index in [0.717, 1.165) is 66.8 Å². The van der Waals surface area contributed by atoms with Crippen LogP contribution in [0.5, 0.6) is 0 Å². The zero-order valence-electron chi connectivity index (χ0n) is 30.4. The average Bonchev–Trinajstić information content (AvgIpc) is 3.60. The summed E-state index contributed by atoms with van der Waals surface area (Å²) in [5.74, 6) is 0.652. The van der Waals surface area contributed by atoms with Gasteiger partial charge in [-0.25, -0.2) is 9.97 Å². The molecule has 0 aliphatic carbocycles. The summed E-state index contributed by atoms with van der Waals surface area (Å²) in [6.07, 6.45) is 0. The van der Waals surface area contributed by atoms with Gasteiger partial charge >= 0.3 is 0 Å². The van der Waals surface area contributed by atoms with Crippen molar-refractivity contribution in [3.63, 3.8) is 0 Å². The predicted molar refractivity (Wildman–Crippen MR) is 234 cm³/mol. The molecule has 0 fully saturated rings. The summed E-state index contributed by atoms with van der Waals surface area (Å²) < 4.78 is 2.23. The quantitative estimate of drug-likeness (QED) is 0.172. The minimum atomic E-state index is 0.652. The Morgan fingerprint density at radius 2 is 0.911 bits per heavy atom. The summed E-state index contributed by atoms with van der Waals surface area (Å²) >= 11 is 0. The minimum Gasteiger partial charge on any atom is -0.310 e. The molecular formula is C52H34N4. The normalized spacial score (nSPS) is 11.6. The molecule has 0 saturated carbocycles. The van der Waals surface area contributed by atoms with Crippen LogP contribution < -0.4 is 4.90 Å². The number of fused-ring (bicyclic) bond motifs is 6. The molecule has 0 aliphatic rings. The molecule has 56 heavy (non-hydrogen) atoms. The Bertz CT molecular complexity index is 3250. The highest BCUT2D eigenvalue weighted by molar-refractivity contribution is 6.10. The third-order valence-electron chi connectivity index (χ3n) is 11.0. The van der Waals surface area contributed by atoms with Gasteiger partial charge in [0.15, 0.2) is 0 Å². The predicted octanol–water partition coefficient (Wildman–Crippen LogP) is 13.8. The van der Waals surface area contributed by atoms with Gasteiger partial charge in [-0.15, -0.1) is 0 Å². The van der Waals surface area contributed by atoms with E-state index < -0.39 is 0 Å². The summed E-state index contributed by atoms with van der Waals surface area (Å²) in [4.78, 5) is 12.9. The lowest BCUT2D eigenvalue weighted by atomic mass is 10.0. The second-order valence-corrected chi connectivity index (χ2v) is 14.3. The summed E-state index contributed by atoms with van der Waals surface area (Å²) in [7, 11) is 0. The van der Waals surface area contributed by atoms with Gasteiger partial charge in [-0.05, 0) is 93.3 Å². The minimum absolute atomic E-state index is 0.652. The van der Waals surface area contributed by atoms with E-state index in [0.29, 0.717) is 5.95 Å². The van der Waals surface area contributed by atoms with Gasteiger partial charge in [0.1, 0.15) is 0 Å². The van der Waals surface area contributed by atoms with Crippen molar-refractivity contribution in [2.45, 2.75) is 0 Å². The fourth-order valence-electron chi connectivity index (χ4n) is 8.23. The van der Waals surface area contributed by atoms with Crippen LogP contribution in [0.4, 0.5) is 17.1 Å². The van der Waals surface area contributed by atoms with Crippen LogP contribution in [0.1, 0.15) is 0 Å². The van der Waals surface area contributed by atoms with Gasteiger partial charge in [0.2, 0.25) is 5.95 Å². The zero-order chi connectivity index (χ0) is 37.0. The van der Waals surface area contributed by atoms with Gasteiger partial charge in [0, 0.05) is 38.8 Å². The molecule has 0 N–H and O–H groups in total. The Morgan fingerprint density at radius 3 is 1.71 bits per heavy atom. The van der Waals surface area contributed by atoms with Gasteiger partial charge < -0.3 is 4.90 Å². The Hall–Kier alpha value is -7.56. The molecule has 0 bridgehead atoms. The summed E-state index contributed by atoms with van der Waals surface area (Å²) in [6.45, 7) is 0. The Balaban J connectivity index is 1.05. The van der Waals surface area contributed by atoms with E-state index >= 15 is 0 Å². The second kappa shape index (κ2) is 13.1. The molecule has 0 radical (unpaired) electrons. The number of nitrogens with zero attached hydrogens (tertiary/aromatic N) is 4. The van der Waals surface area contributed by atoms with Crippen molar-refractivity contribution in [3.05, 3.63) is 206 Å². The first-order valence-electron chi connectivity index (χ1n) is 19.0. The van der Waals surface area contributed by atoms with Crippen LogP contribution >= 0.6 is 0 Å². The Kier molecular flexibility index (Phi) is 7.46. The fraction of sp³-hybridized carbons (Fsp3) is 0. The lowest BCUT2D eigenvalue weighted by molar-refractivity contribution is 1.01. The van der Waals surface area contributed by atoms with Crippen molar-refractivity contribution in [1.29, 1.82) is 0 Å². The van der Waals surface area contributed by atoms with E-state index in [9.17, 15) is 0 Å². The lowest BCUT2D eigenvalue weighted by Crippen LogP contribution is -2.09. The average molecular weight is 715 g/mol. The van der Waals surface area contributed by atoms with Crippen molar-refractivity contribution < 1.29 is 0 Å². The molecule has 2 heterocycles. The smallest absolute Gasteiger partial charge is 0.235 e. The van der Waals surface area contributed by atoms with E-state index in [1.54, 1.807) is 0 Å². The Labute approximate surface area is 324 Å². The number of para-hydroxylation sites is 3. The van der Waals surface area contributed by atoms with Crippen LogP contribution in [0, 0.1) is 0 Å². The first-order chi connectivity index (χ1) is 27.7. The van der Waals surface area contributed by atoms with Crippen LogP contribution in [0.3, 0.4) is 0 Å². The molecule has 2 aromatic heterocycles.